The molecule has 0 aliphatic carbocycles. The van der Waals surface area contributed by atoms with Crippen molar-refractivity contribution in [3.8, 4) is 11.5 Å². The molecular weight excluding hydrogens is 266 g/mol. The molecule has 4 N–H and O–H groups in total. The van der Waals surface area contributed by atoms with Gasteiger partial charge in [-0.3, -0.25) is 4.79 Å². The van der Waals surface area contributed by atoms with Gasteiger partial charge in [-0.15, -0.1) is 0 Å². The van der Waals surface area contributed by atoms with E-state index in [0.29, 0.717) is 5.56 Å². The number of amides is 1. The highest BCUT2D eigenvalue weighted by Gasteiger charge is 2.37. The number of aliphatic hydroxyl groups is 1. The minimum Gasteiger partial charge on any atom is -0.504 e. The Morgan fingerprint density at radius 3 is 2.55 bits per heavy atom. The van der Waals surface area contributed by atoms with E-state index in [1.165, 1.54) is 18.2 Å². The number of hydrogen-bond donors (Lipinski definition) is 4. The minimum atomic E-state index is -1.18. The van der Waals surface area contributed by atoms with Crippen molar-refractivity contribution in [3.05, 3.63) is 23.8 Å². The summed E-state index contributed by atoms with van der Waals surface area (Å²) >= 11 is 0. The summed E-state index contributed by atoms with van der Waals surface area (Å²) in [5.41, 5.74) is 0.474. The quantitative estimate of drug-likeness (QED) is 0.562. The van der Waals surface area contributed by atoms with E-state index in [1.807, 2.05) is 0 Å². The van der Waals surface area contributed by atoms with Crippen LogP contribution in [0.2, 0.25) is 0 Å². The van der Waals surface area contributed by atoms with Crippen LogP contribution in [-0.4, -0.2) is 55.9 Å². The minimum absolute atomic E-state index is 0.0123. The lowest BCUT2D eigenvalue weighted by atomic mass is 10.0. The molecule has 0 radical (unpaired) electrons. The molecule has 0 bridgehead atoms. The number of likely N-dealkylation sites (tertiary alicyclic amines) is 1. The van der Waals surface area contributed by atoms with E-state index in [1.54, 1.807) is 0 Å². The second-order valence-electron chi connectivity index (χ2n) is 4.79. The van der Waals surface area contributed by atoms with Crippen molar-refractivity contribution in [2.75, 3.05) is 6.54 Å². The normalized spacial score (nSPS) is 20.1. The summed E-state index contributed by atoms with van der Waals surface area (Å²) in [5.74, 6) is -2.24. The SMILES string of the molecule is O=C(O)[C@H](Cc1ccc(O)c(O)c1)N1CC(O)CC1=O. The van der Waals surface area contributed by atoms with E-state index in [-0.39, 0.29) is 30.9 Å². The lowest BCUT2D eigenvalue weighted by molar-refractivity contribution is -0.148. The van der Waals surface area contributed by atoms with E-state index in [0.717, 1.165) is 4.90 Å². The van der Waals surface area contributed by atoms with Crippen molar-refractivity contribution >= 4 is 11.9 Å². The fourth-order valence-electron chi connectivity index (χ4n) is 2.26. The second-order valence-corrected chi connectivity index (χ2v) is 4.79. The fourth-order valence-corrected chi connectivity index (χ4v) is 2.26. The Bertz CT molecular complexity index is 544. The maximum atomic E-state index is 11.7. The van der Waals surface area contributed by atoms with Crippen molar-refractivity contribution in [1.29, 1.82) is 0 Å². The Hall–Kier alpha value is -2.28. The number of aromatic hydroxyl groups is 2. The number of carbonyl (C=O) groups is 2. The lowest BCUT2D eigenvalue weighted by Crippen LogP contribution is -2.44. The van der Waals surface area contributed by atoms with Gasteiger partial charge in [-0.1, -0.05) is 6.07 Å². The molecule has 1 aromatic carbocycles. The summed E-state index contributed by atoms with van der Waals surface area (Å²) in [4.78, 5) is 24.1. The molecule has 1 fully saturated rings. The van der Waals surface area contributed by atoms with Crippen LogP contribution in [0.5, 0.6) is 11.5 Å². The van der Waals surface area contributed by atoms with Crippen LogP contribution in [0.3, 0.4) is 0 Å². The number of carbonyl (C=O) groups excluding carboxylic acids is 1. The summed E-state index contributed by atoms with van der Waals surface area (Å²) in [7, 11) is 0. The third-order valence-corrected chi connectivity index (χ3v) is 3.27. The van der Waals surface area contributed by atoms with Crippen LogP contribution >= 0.6 is 0 Å². The zero-order valence-corrected chi connectivity index (χ0v) is 10.6. The Kier molecular flexibility index (Phi) is 3.80. The smallest absolute Gasteiger partial charge is 0.326 e. The van der Waals surface area contributed by atoms with Crippen molar-refractivity contribution in [3.63, 3.8) is 0 Å². The molecule has 0 saturated carbocycles. The largest absolute Gasteiger partial charge is 0.504 e. The monoisotopic (exact) mass is 281 g/mol. The van der Waals surface area contributed by atoms with E-state index in [4.69, 9.17) is 0 Å². The predicted molar refractivity (Wildman–Crippen MR) is 67.2 cm³/mol. The Labute approximate surface area is 114 Å². The lowest BCUT2D eigenvalue weighted by Gasteiger charge is -2.24. The maximum absolute atomic E-state index is 11.7. The number of carboxylic acids is 1. The van der Waals surface area contributed by atoms with Gasteiger partial charge in [0.2, 0.25) is 5.91 Å². The van der Waals surface area contributed by atoms with Gasteiger partial charge in [-0.2, -0.15) is 0 Å². The first-order valence-electron chi connectivity index (χ1n) is 6.09. The molecule has 1 aliphatic rings. The number of nitrogens with zero attached hydrogens (tertiary/aromatic N) is 1. The fraction of sp³-hybridized carbons (Fsp3) is 0.385. The number of β-amino-alcohol motifs (C(OH)–C–C–N with tert-alkyl or cyclic N) is 1. The van der Waals surface area contributed by atoms with Gasteiger partial charge in [0, 0.05) is 13.0 Å². The highest BCUT2D eigenvalue weighted by atomic mass is 16.4. The van der Waals surface area contributed by atoms with Crippen LogP contribution in [0.1, 0.15) is 12.0 Å². The molecule has 1 unspecified atom stereocenters. The van der Waals surface area contributed by atoms with Gasteiger partial charge in [-0.25, -0.2) is 4.79 Å². The number of carboxylic acid groups (broad SMARTS) is 1. The molecule has 2 atom stereocenters. The van der Waals surface area contributed by atoms with Crippen LogP contribution < -0.4 is 0 Å². The number of phenols is 2. The number of phenolic OH excluding ortho intramolecular Hbond substituents is 2. The number of aliphatic hydroxyl groups excluding tert-OH is 1. The van der Waals surface area contributed by atoms with Crippen LogP contribution in [0.15, 0.2) is 18.2 Å². The third-order valence-electron chi connectivity index (χ3n) is 3.27. The highest BCUT2D eigenvalue weighted by molar-refractivity contribution is 5.85. The number of aliphatic carboxylic acids is 1. The average molecular weight is 281 g/mol. The molecular formula is C13H15NO6. The molecule has 20 heavy (non-hydrogen) atoms. The number of hydrogen-bond acceptors (Lipinski definition) is 5. The molecule has 1 aliphatic heterocycles. The molecule has 2 rings (SSSR count). The van der Waals surface area contributed by atoms with Gasteiger partial charge in [-0.05, 0) is 17.7 Å². The summed E-state index contributed by atoms with van der Waals surface area (Å²) in [5, 5.41) is 37.3. The summed E-state index contributed by atoms with van der Waals surface area (Å²) < 4.78 is 0. The summed E-state index contributed by atoms with van der Waals surface area (Å²) in [6.45, 7) is -0.0140. The van der Waals surface area contributed by atoms with Gasteiger partial charge < -0.3 is 25.3 Å². The standard InChI is InChI=1S/C13H15NO6/c15-8-5-12(18)14(6-8)9(13(19)20)3-7-1-2-10(16)11(17)4-7/h1-2,4,8-9,15-17H,3,5-6H2,(H,19,20)/t8?,9-/m0/s1. The predicted octanol–water partition coefficient (Wildman–Crippen LogP) is -0.313. The zero-order valence-electron chi connectivity index (χ0n) is 10.6. The van der Waals surface area contributed by atoms with Crippen LogP contribution in [-0.2, 0) is 16.0 Å². The van der Waals surface area contributed by atoms with Gasteiger partial charge in [0.15, 0.2) is 11.5 Å². The average Bonchev–Trinajstić information content (AvgIpc) is 2.69. The molecule has 1 amide bonds. The van der Waals surface area contributed by atoms with Crippen molar-refractivity contribution in [2.45, 2.75) is 25.0 Å². The van der Waals surface area contributed by atoms with Crippen LogP contribution in [0.25, 0.3) is 0 Å². The van der Waals surface area contributed by atoms with Gasteiger partial charge in [0.1, 0.15) is 6.04 Å². The zero-order chi connectivity index (χ0) is 14.9. The first-order valence-corrected chi connectivity index (χ1v) is 6.09. The third kappa shape index (κ3) is 2.83. The Morgan fingerprint density at radius 1 is 1.35 bits per heavy atom. The molecule has 1 saturated heterocycles. The van der Waals surface area contributed by atoms with E-state index >= 15 is 0 Å². The number of benzene rings is 1. The summed E-state index contributed by atoms with van der Waals surface area (Å²) in [6, 6.07) is 2.87. The van der Waals surface area contributed by atoms with Crippen molar-refractivity contribution < 1.29 is 30.0 Å². The molecule has 7 heteroatoms. The summed E-state index contributed by atoms with van der Waals surface area (Å²) in [6.07, 6.45) is -0.941. The van der Waals surface area contributed by atoms with Gasteiger partial charge in [0.25, 0.3) is 0 Å². The maximum Gasteiger partial charge on any atom is 0.326 e. The second kappa shape index (κ2) is 5.38. The van der Waals surface area contributed by atoms with Gasteiger partial charge in [0.05, 0.1) is 12.5 Å². The molecule has 1 heterocycles. The van der Waals surface area contributed by atoms with E-state index < -0.39 is 24.0 Å². The highest BCUT2D eigenvalue weighted by Crippen LogP contribution is 2.26. The molecule has 1 aromatic rings. The van der Waals surface area contributed by atoms with Crippen molar-refractivity contribution in [1.82, 2.24) is 4.90 Å². The molecule has 108 valence electrons. The first-order chi connectivity index (χ1) is 9.38. The first kappa shape index (κ1) is 14.1. The van der Waals surface area contributed by atoms with Crippen LogP contribution in [0.4, 0.5) is 0 Å². The van der Waals surface area contributed by atoms with Crippen molar-refractivity contribution in [2.24, 2.45) is 0 Å². The Morgan fingerprint density at radius 2 is 2.05 bits per heavy atom. The topological polar surface area (TPSA) is 118 Å². The molecule has 7 nitrogen and oxygen atoms in total. The van der Waals surface area contributed by atoms with E-state index in [2.05, 4.69) is 0 Å². The van der Waals surface area contributed by atoms with E-state index in [9.17, 15) is 30.0 Å². The molecule has 0 aromatic heterocycles. The van der Waals surface area contributed by atoms with Gasteiger partial charge >= 0.3 is 5.97 Å². The number of rotatable bonds is 4. The van der Waals surface area contributed by atoms with Crippen LogP contribution in [0, 0.1) is 0 Å². The molecule has 0 spiro atoms. The Balaban J connectivity index is 2.19.